The smallest absolute Gasteiger partial charge is 0.229 e. The lowest BCUT2D eigenvalue weighted by Gasteiger charge is -2.13. The zero-order valence-electron chi connectivity index (χ0n) is 15.5. The molecule has 0 amide bonds. The molecule has 0 N–H and O–H groups in total. The molecule has 3 heterocycles. The quantitative estimate of drug-likeness (QED) is 0.519. The Kier molecular flexibility index (Phi) is 4.49. The second-order valence-corrected chi connectivity index (χ2v) is 7.25. The van der Waals surface area contributed by atoms with E-state index < -0.39 is 0 Å². The number of carbonyl (C=O) groups is 1. The molecule has 0 aliphatic heterocycles. The van der Waals surface area contributed by atoms with Crippen LogP contribution in [0.2, 0.25) is 0 Å². The van der Waals surface area contributed by atoms with Gasteiger partial charge in [0.15, 0.2) is 12.4 Å². The van der Waals surface area contributed by atoms with Crippen LogP contribution in [-0.2, 0) is 25.9 Å². The van der Waals surface area contributed by atoms with Gasteiger partial charge in [-0.15, -0.1) is 0 Å². The van der Waals surface area contributed by atoms with Gasteiger partial charge in [0, 0.05) is 28.6 Å². The fraction of sp³-hybridized carbons (Fsp3) is 0.364. The van der Waals surface area contributed by atoms with Gasteiger partial charge in [0.05, 0.1) is 12.8 Å². The Morgan fingerprint density at radius 2 is 2.00 bits per heavy atom. The second kappa shape index (κ2) is 6.94. The number of hydrogen-bond donors (Lipinski definition) is 0. The van der Waals surface area contributed by atoms with Gasteiger partial charge < -0.3 is 8.98 Å². The summed E-state index contributed by atoms with van der Waals surface area (Å²) in [5.74, 6) is 1.06. The fourth-order valence-electron chi connectivity index (χ4n) is 3.95. The van der Waals surface area contributed by atoms with Gasteiger partial charge in [-0.2, -0.15) is 4.57 Å². The van der Waals surface area contributed by atoms with E-state index in [1.54, 1.807) is 6.26 Å². The summed E-state index contributed by atoms with van der Waals surface area (Å²) in [5, 5.41) is 0. The number of fused-ring (bicyclic) bond motifs is 1. The van der Waals surface area contributed by atoms with Crippen LogP contribution >= 0.6 is 0 Å². The average molecular weight is 349 g/mol. The van der Waals surface area contributed by atoms with Crippen molar-refractivity contribution in [2.24, 2.45) is 0 Å². The molecule has 0 unspecified atom stereocenters. The van der Waals surface area contributed by atoms with Gasteiger partial charge in [0.1, 0.15) is 5.76 Å². The first kappa shape index (κ1) is 16.8. The van der Waals surface area contributed by atoms with E-state index in [0.717, 1.165) is 35.6 Å². The third-order valence-corrected chi connectivity index (χ3v) is 5.44. The van der Waals surface area contributed by atoms with Crippen molar-refractivity contribution < 1.29 is 13.8 Å². The number of rotatable bonds is 5. The van der Waals surface area contributed by atoms with E-state index in [4.69, 9.17) is 4.42 Å². The average Bonchev–Trinajstić information content (AvgIpc) is 3.25. The first-order valence-corrected chi connectivity index (χ1v) is 9.35. The third kappa shape index (κ3) is 3.24. The van der Waals surface area contributed by atoms with Crippen LogP contribution in [0.15, 0.2) is 47.3 Å². The summed E-state index contributed by atoms with van der Waals surface area (Å²) in [5.41, 5.74) is 5.73. The van der Waals surface area contributed by atoms with Crippen molar-refractivity contribution in [1.29, 1.82) is 0 Å². The monoisotopic (exact) mass is 349 g/mol. The minimum absolute atomic E-state index is 0.157. The third-order valence-electron chi connectivity index (χ3n) is 5.44. The Labute approximate surface area is 154 Å². The highest BCUT2D eigenvalue weighted by molar-refractivity contribution is 5.96. The maximum atomic E-state index is 12.9. The van der Waals surface area contributed by atoms with Crippen molar-refractivity contribution in [1.82, 2.24) is 4.57 Å². The standard InChI is InChI=1S/C22H25N2O2/c1-16-12-21(17(2)24(16)14-20-8-5-11-26-20)22(25)15-23-10-9-18-6-3-4-7-19(18)13-23/h5,8-13H,3-4,6-7,14-15H2,1-2H3/q+1. The molecule has 0 fully saturated rings. The molecule has 134 valence electrons. The zero-order chi connectivity index (χ0) is 18.1. The Morgan fingerprint density at radius 1 is 1.19 bits per heavy atom. The molecular formula is C22H25N2O2+. The Morgan fingerprint density at radius 3 is 2.77 bits per heavy atom. The SMILES string of the molecule is Cc1cc(C(=O)C[n+]2ccc3c(c2)CCCC3)c(C)n1Cc1ccco1. The summed E-state index contributed by atoms with van der Waals surface area (Å²) in [4.78, 5) is 12.9. The summed E-state index contributed by atoms with van der Waals surface area (Å²) < 4.78 is 9.63. The van der Waals surface area contributed by atoms with E-state index in [-0.39, 0.29) is 5.78 Å². The molecule has 3 aromatic heterocycles. The Balaban J connectivity index is 1.55. The lowest BCUT2D eigenvalue weighted by Crippen LogP contribution is -2.38. The zero-order valence-corrected chi connectivity index (χ0v) is 15.5. The highest BCUT2D eigenvalue weighted by atomic mass is 16.3. The summed E-state index contributed by atoms with van der Waals surface area (Å²) in [6.07, 6.45) is 10.7. The van der Waals surface area contributed by atoms with Crippen LogP contribution < -0.4 is 4.57 Å². The Bertz CT molecular complexity index is 935. The predicted octanol–water partition coefficient (Wildman–Crippen LogP) is 3.80. The van der Waals surface area contributed by atoms with Crippen molar-refractivity contribution >= 4 is 5.78 Å². The van der Waals surface area contributed by atoms with Crippen LogP contribution in [0.3, 0.4) is 0 Å². The molecule has 0 aromatic carbocycles. The molecule has 0 radical (unpaired) electrons. The number of hydrogen-bond acceptors (Lipinski definition) is 2. The van der Waals surface area contributed by atoms with Crippen molar-refractivity contribution in [2.75, 3.05) is 0 Å². The van der Waals surface area contributed by atoms with E-state index in [1.165, 1.54) is 24.0 Å². The van der Waals surface area contributed by atoms with Crippen LogP contribution in [-0.4, -0.2) is 10.4 Å². The number of furan rings is 1. The molecule has 4 nitrogen and oxygen atoms in total. The molecular weight excluding hydrogens is 324 g/mol. The number of aromatic nitrogens is 2. The molecule has 1 aliphatic carbocycles. The highest BCUT2D eigenvalue weighted by Crippen LogP contribution is 2.20. The van der Waals surface area contributed by atoms with Crippen molar-refractivity contribution in [3.63, 3.8) is 0 Å². The second-order valence-electron chi connectivity index (χ2n) is 7.25. The summed E-state index contributed by atoms with van der Waals surface area (Å²) >= 11 is 0. The van der Waals surface area contributed by atoms with Crippen LogP contribution in [0, 0.1) is 13.8 Å². The normalized spacial score (nSPS) is 13.6. The minimum Gasteiger partial charge on any atom is -0.467 e. The van der Waals surface area contributed by atoms with E-state index in [1.807, 2.05) is 42.8 Å². The number of Topliss-reactive ketones (excluding diaryl/α,β-unsaturated/α-hetero) is 1. The van der Waals surface area contributed by atoms with Crippen LogP contribution in [0.1, 0.15) is 51.5 Å². The molecule has 3 aromatic rings. The number of carbonyl (C=O) groups excluding carboxylic acids is 1. The van der Waals surface area contributed by atoms with Crippen molar-refractivity contribution in [3.8, 4) is 0 Å². The number of nitrogens with zero attached hydrogens (tertiary/aromatic N) is 2. The van der Waals surface area contributed by atoms with Gasteiger partial charge in [-0.3, -0.25) is 4.79 Å². The van der Waals surface area contributed by atoms with Crippen molar-refractivity contribution in [3.05, 3.63) is 76.8 Å². The number of aryl methyl sites for hydroxylation is 3. The Hall–Kier alpha value is -2.62. The van der Waals surface area contributed by atoms with E-state index in [9.17, 15) is 4.79 Å². The molecule has 1 aliphatic rings. The molecule has 0 saturated heterocycles. The largest absolute Gasteiger partial charge is 0.467 e. The lowest BCUT2D eigenvalue weighted by atomic mass is 9.93. The van der Waals surface area contributed by atoms with E-state index in [2.05, 4.69) is 16.8 Å². The van der Waals surface area contributed by atoms with Gasteiger partial charge in [0.2, 0.25) is 12.3 Å². The van der Waals surface area contributed by atoms with Gasteiger partial charge in [-0.25, -0.2) is 0 Å². The molecule has 0 spiro atoms. The predicted molar refractivity (Wildman–Crippen MR) is 99.3 cm³/mol. The minimum atomic E-state index is 0.157. The number of ketones is 1. The highest BCUT2D eigenvalue weighted by Gasteiger charge is 2.21. The molecule has 0 atom stereocenters. The molecule has 0 saturated carbocycles. The van der Waals surface area contributed by atoms with Crippen LogP contribution in [0.5, 0.6) is 0 Å². The maximum absolute atomic E-state index is 12.9. The first-order valence-electron chi connectivity index (χ1n) is 9.35. The lowest BCUT2D eigenvalue weighted by molar-refractivity contribution is -0.683. The van der Waals surface area contributed by atoms with Crippen LogP contribution in [0.4, 0.5) is 0 Å². The van der Waals surface area contributed by atoms with Gasteiger partial charge >= 0.3 is 0 Å². The summed E-state index contributed by atoms with van der Waals surface area (Å²) in [6, 6.07) is 8.03. The van der Waals surface area contributed by atoms with Gasteiger partial charge in [-0.05, 0) is 63.3 Å². The van der Waals surface area contributed by atoms with Gasteiger partial charge in [0.25, 0.3) is 0 Å². The number of pyridine rings is 1. The summed E-state index contributed by atoms with van der Waals surface area (Å²) in [7, 11) is 0. The topological polar surface area (TPSA) is 39.0 Å². The van der Waals surface area contributed by atoms with Crippen molar-refractivity contribution in [2.45, 2.75) is 52.6 Å². The van der Waals surface area contributed by atoms with E-state index >= 15 is 0 Å². The fourth-order valence-corrected chi connectivity index (χ4v) is 3.95. The van der Waals surface area contributed by atoms with Gasteiger partial charge in [-0.1, -0.05) is 0 Å². The summed E-state index contributed by atoms with van der Waals surface area (Å²) in [6.45, 7) is 5.10. The molecule has 26 heavy (non-hydrogen) atoms. The molecule has 4 heteroatoms. The molecule has 0 bridgehead atoms. The first-order chi connectivity index (χ1) is 12.6. The van der Waals surface area contributed by atoms with Crippen LogP contribution in [0.25, 0.3) is 0 Å². The molecule has 4 rings (SSSR count). The van der Waals surface area contributed by atoms with E-state index in [0.29, 0.717) is 13.1 Å². The maximum Gasteiger partial charge on any atom is 0.229 e.